The number of nitrogens with zero attached hydrogens (tertiary/aromatic N) is 2. The van der Waals surface area contributed by atoms with E-state index in [4.69, 9.17) is 16.6 Å². The van der Waals surface area contributed by atoms with Gasteiger partial charge in [-0.3, -0.25) is 0 Å². The maximum Gasteiger partial charge on any atom is 0.128 e. The van der Waals surface area contributed by atoms with Crippen molar-refractivity contribution in [2.45, 2.75) is 51.3 Å². The Labute approximate surface area is 122 Å². The maximum absolute atomic E-state index is 5.98. The molecule has 19 heavy (non-hydrogen) atoms. The van der Waals surface area contributed by atoms with Crippen molar-refractivity contribution in [3.63, 3.8) is 0 Å². The van der Waals surface area contributed by atoms with Gasteiger partial charge in [0.25, 0.3) is 0 Å². The monoisotopic (exact) mass is 280 g/mol. The van der Waals surface area contributed by atoms with Gasteiger partial charge in [0.2, 0.25) is 0 Å². The topological polar surface area (TPSA) is 16.1 Å². The number of hydrogen-bond donors (Lipinski definition) is 0. The molecule has 0 radical (unpaired) electrons. The number of halogens is 1. The highest BCUT2D eigenvalue weighted by atomic mass is 35.5. The van der Waals surface area contributed by atoms with Crippen LogP contribution in [-0.2, 0) is 12.3 Å². The molecule has 1 fully saturated rings. The van der Waals surface area contributed by atoms with Crippen molar-refractivity contribution in [3.05, 3.63) is 23.4 Å². The molecule has 1 heterocycles. The lowest BCUT2D eigenvalue weighted by atomic mass is 9.89. The second-order valence-corrected chi connectivity index (χ2v) is 5.96. The number of pyridine rings is 1. The molecule has 1 aromatic rings. The Hall–Kier alpha value is -0.760. The summed E-state index contributed by atoms with van der Waals surface area (Å²) in [7, 11) is 2.16. The Morgan fingerprint density at radius 2 is 2.00 bits per heavy atom. The van der Waals surface area contributed by atoms with Gasteiger partial charge < -0.3 is 4.90 Å². The predicted molar refractivity (Wildman–Crippen MR) is 83.0 cm³/mol. The largest absolute Gasteiger partial charge is 0.359 e. The van der Waals surface area contributed by atoms with Crippen LogP contribution in [0.25, 0.3) is 0 Å². The minimum atomic E-state index is 0.569. The van der Waals surface area contributed by atoms with Gasteiger partial charge in [-0.1, -0.05) is 26.2 Å². The lowest BCUT2D eigenvalue weighted by Gasteiger charge is -2.28. The first kappa shape index (κ1) is 14.6. The first-order valence-electron chi connectivity index (χ1n) is 7.50. The highest BCUT2D eigenvalue weighted by Crippen LogP contribution is 2.26. The summed E-state index contributed by atoms with van der Waals surface area (Å²) in [6.07, 6.45) is 7.93. The van der Waals surface area contributed by atoms with Gasteiger partial charge in [-0.25, -0.2) is 4.98 Å². The van der Waals surface area contributed by atoms with Crippen LogP contribution >= 0.6 is 11.6 Å². The molecule has 0 spiro atoms. The molecule has 0 aliphatic heterocycles. The molecule has 0 atom stereocenters. The first-order valence-corrected chi connectivity index (χ1v) is 8.03. The highest BCUT2D eigenvalue weighted by molar-refractivity contribution is 6.17. The third kappa shape index (κ3) is 4.10. The summed E-state index contributed by atoms with van der Waals surface area (Å²) in [5.41, 5.74) is 2.32. The van der Waals surface area contributed by atoms with E-state index in [1.807, 2.05) is 0 Å². The summed E-state index contributed by atoms with van der Waals surface area (Å²) in [4.78, 5) is 7.04. The average Bonchev–Trinajstić information content (AvgIpc) is 2.47. The molecule has 2 rings (SSSR count). The summed E-state index contributed by atoms with van der Waals surface area (Å²) in [5, 5.41) is 0. The van der Waals surface area contributed by atoms with Crippen LogP contribution in [0.3, 0.4) is 0 Å². The summed E-state index contributed by atoms with van der Waals surface area (Å²) in [6.45, 7) is 3.27. The van der Waals surface area contributed by atoms with E-state index < -0.39 is 0 Å². The lowest BCUT2D eigenvalue weighted by molar-refractivity contribution is 0.361. The number of anilines is 1. The lowest BCUT2D eigenvalue weighted by Crippen LogP contribution is -2.27. The van der Waals surface area contributed by atoms with Crippen molar-refractivity contribution in [2.24, 2.45) is 5.92 Å². The van der Waals surface area contributed by atoms with Crippen LogP contribution in [0.15, 0.2) is 12.1 Å². The number of aromatic nitrogens is 1. The fraction of sp³-hybridized carbons (Fsp3) is 0.688. The van der Waals surface area contributed by atoms with Crippen molar-refractivity contribution in [1.82, 2.24) is 4.98 Å². The second kappa shape index (κ2) is 7.14. The van der Waals surface area contributed by atoms with E-state index in [9.17, 15) is 0 Å². The normalized spacial score (nSPS) is 16.6. The van der Waals surface area contributed by atoms with Gasteiger partial charge in [0.1, 0.15) is 5.82 Å². The van der Waals surface area contributed by atoms with Crippen molar-refractivity contribution in [2.75, 3.05) is 18.5 Å². The van der Waals surface area contributed by atoms with Gasteiger partial charge >= 0.3 is 0 Å². The van der Waals surface area contributed by atoms with Crippen LogP contribution in [0.5, 0.6) is 0 Å². The molecule has 0 saturated heterocycles. The molecule has 2 nitrogen and oxygen atoms in total. The summed E-state index contributed by atoms with van der Waals surface area (Å²) in [5.74, 6) is 2.49. The van der Waals surface area contributed by atoms with Crippen molar-refractivity contribution in [1.29, 1.82) is 0 Å². The molecular formula is C16H25ClN2. The quantitative estimate of drug-likeness (QED) is 0.743. The van der Waals surface area contributed by atoms with E-state index in [1.54, 1.807) is 0 Å². The fourth-order valence-corrected chi connectivity index (χ4v) is 3.09. The standard InChI is InChI=1S/C16H25ClN2/c1-3-15-9-14(11-17)10-16(18-15)19(2)12-13-7-5-4-6-8-13/h9-10,13H,3-8,11-12H2,1-2H3. The minimum absolute atomic E-state index is 0.569. The molecular weight excluding hydrogens is 256 g/mol. The molecule has 1 saturated carbocycles. The summed E-state index contributed by atoms with van der Waals surface area (Å²) < 4.78 is 0. The van der Waals surface area contributed by atoms with Crippen LogP contribution in [0.1, 0.15) is 50.3 Å². The Balaban J connectivity index is 2.06. The smallest absolute Gasteiger partial charge is 0.128 e. The molecule has 0 N–H and O–H groups in total. The van der Waals surface area contributed by atoms with E-state index in [1.165, 1.54) is 37.7 Å². The molecule has 1 aliphatic carbocycles. The van der Waals surface area contributed by atoms with Gasteiger partial charge in [-0.15, -0.1) is 11.6 Å². The molecule has 1 aromatic heterocycles. The van der Waals surface area contributed by atoms with Crippen LogP contribution in [0, 0.1) is 5.92 Å². The third-order valence-corrected chi connectivity index (χ3v) is 4.40. The van der Waals surface area contributed by atoms with Crippen molar-refractivity contribution in [3.8, 4) is 0 Å². The first-order chi connectivity index (χ1) is 9.22. The molecule has 0 aromatic carbocycles. The van der Waals surface area contributed by atoms with Crippen LogP contribution in [0.2, 0.25) is 0 Å². The number of aryl methyl sites for hydroxylation is 1. The van der Waals surface area contributed by atoms with Gasteiger partial charge in [0.15, 0.2) is 0 Å². The van der Waals surface area contributed by atoms with Gasteiger partial charge in [-0.05, 0) is 42.9 Å². The van der Waals surface area contributed by atoms with E-state index in [2.05, 4.69) is 31.0 Å². The van der Waals surface area contributed by atoms with E-state index in [0.29, 0.717) is 5.88 Å². The van der Waals surface area contributed by atoms with E-state index in [0.717, 1.165) is 30.4 Å². The number of hydrogen-bond acceptors (Lipinski definition) is 2. The van der Waals surface area contributed by atoms with Gasteiger partial charge in [0, 0.05) is 25.2 Å². The molecule has 0 amide bonds. The molecule has 0 unspecified atom stereocenters. The Kier molecular flexibility index (Phi) is 5.50. The number of alkyl halides is 1. The van der Waals surface area contributed by atoms with E-state index >= 15 is 0 Å². The Morgan fingerprint density at radius 1 is 1.26 bits per heavy atom. The SMILES string of the molecule is CCc1cc(CCl)cc(N(C)CC2CCCCC2)n1. The molecule has 106 valence electrons. The fourth-order valence-electron chi connectivity index (χ4n) is 2.94. The molecule has 0 bridgehead atoms. The van der Waals surface area contributed by atoms with Crippen molar-refractivity contribution < 1.29 is 0 Å². The zero-order valence-electron chi connectivity index (χ0n) is 12.2. The van der Waals surface area contributed by atoms with Gasteiger partial charge in [-0.2, -0.15) is 0 Å². The van der Waals surface area contributed by atoms with Crippen molar-refractivity contribution >= 4 is 17.4 Å². The zero-order valence-corrected chi connectivity index (χ0v) is 12.9. The highest BCUT2D eigenvalue weighted by Gasteiger charge is 2.16. The molecule has 1 aliphatic rings. The summed E-state index contributed by atoms with van der Waals surface area (Å²) >= 11 is 5.98. The zero-order chi connectivity index (χ0) is 13.7. The molecule has 3 heteroatoms. The van der Waals surface area contributed by atoms with Crippen LogP contribution in [-0.4, -0.2) is 18.6 Å². The maximum atomic E-state index is 5.98. The van der Waals surface area contributed by atoms with E-state index in [-0.39, 0.29) is 0 Å². The predicted octanol–water partition coefficient (Wildman–Crippen LogP) is 4.40. The van der Waals surface area contributed by atoms with Gasteiger partial charge in [0.05, 0.1) is 0 Å². The summed E-state index contributed by atoms with van der Waals surface area (Å²) in [6, 6.07) is 4.25. The number of rotatable bonds is 5. The Morgan fingerprint density at radius 3 is 2.63 bits per heavy atom. The second-order valence-electron chi connectivity index (χ2n) is 5.70. The van der Waals surface area contributed by atoms with Crippen LogP contribution in [0.4, 0.5) is 5.82 Å². The Bertz CT molecular complexity index is 377. The average molecular weight is 281 g/mol. The minimum Gasteiger partial charge on any atom is -0.359 e. The van der Waals surface area contributed by atoms with Crippen LogP contribution < -0.4 is 4.90 Å². The third-order valence-electron chi connectivity index (χ3n) is 4.09.